The van der Waals surface area contributed by atoms with Gasteiger partial charge in [0.05, 0.1) is 18.1 Å². The zero-order valence-corrected chi connectivity index (χ0v) is 8.55. The lowest BCUT2D eigenvalue weighted by Crippen LogP contribution is -2.24. The summed E-state index contributed by atoms with van der Waals surface area (Å²) in [6, 6.07) is 0. The Morgan fingerprint density at radius 1 is 1.19 bits per heavy atom. The van der Waals surface area contributed by atoms with Gasteiger partial charge in [-0.15, -0.1) is 0 Å². The quantitative estimate of drug-likeness (QED) is 0.599. The van der Waals surface area contributed by atoms with Crippen molar-refractivity contribution in [3.05, 3.63) is 37.0 Å². The Morgan fingerprint density at radius 2 is 1.75 bits per heavy atom. The third-order valence-corrected chi connectivity index (χ3v) is 1.85. The van der Waals surface area contributed by atoms with Crippen LogP contribution in [-0.2, 0) is 14.4 Å². The van der Waals surface area contributed by atoms with Crippen LogP contribution in [-0.4, -0.2) is 34.4 Å². The van der Waals surface area contributed by atoms with Crippen molar-refractivity contribution < 1.29 is 24.6 Å². The number of carbonyl (C=O) groups excluding carboxylic acids is 2. The van der Waals surface area contributed by atoms with Crippen molar-refractivity contribution >= 4 is 17.5 Å². The van der Waals surface area contributed by atoms with Crippen molar-refractivity contribution in [3.8, 4) is 0 Å². The molecule has 16 heavy (non-hydrogen) atoms. The van der Waals surface area contributed by atoms with E-state index in [1.54, 1.807) is 0 Å². The van der Waals surface area contributed by atoms with Crippen LogP contribution in [0.2, 0.25) is 0 Å². The number of ketones is 2. The Morgan fingerprint density at radius 3 is 2.06 bits per heavy atom. The van der Waals surface area contributed by atoms with Gasteiger partial charge in [0, 0.05) is 0 Å². The maximum atomic E-state index is 11.2. The molecule has 0 bridgehead atoms. The van der Waals surface area contributed by atoms with Crippen LogP contribution in [0.25, 0.3) is 0 Å². The van der Waals surface area contributed by atoms with E-state index in [-0.39, 0.29) is 0 Å². The molecule has 5 heteroatoms. The van der Waals surface area contributed by atoms with Crippen LogP contribution in [0.1, 0.15) is 0 Å². The minimum absolute atomic E-state index is 0.475. The molecule has 86 valence electrons. The minimum atomic E-state index is -1.44. The number of aliphatic hydroxyl groups excluding tert-OH is 1. The van der Waals surface area contributed by atoms with Crippen LogP contribution in [0, 0.1) is 5.92 Å². The zero-order chi connectivity index (χ0) is 12.7. The Kier molecular flexibility index (Phi) is 5.66. The van der Waals surface area contributed by atoms with E-state index in [1.165, 1.54) is 0 Å². The minimum Gasteiger partial charge on any atom is -0.478 e. The smallest absolute Gasteiger partial charge is 0.332 e. The predicted molar refractivity (Wildman–Crippen MR) is 56.7 cm³/mol. The first-order valence-corrected chi connectivity index (χ1v) is 4.36. The normalized spacial score (nSPS) is 12.7. The van der Waals surface area contributed by atoms with Gasteiger partial charge in [0.1, 0.15) is 0 Å². The second kappa shape index (κ2) is 6.47. The highest BCUT2D eigenvalue weighted by atomic mass is 16.4. The summed E-state index contributed by atoms with van der Waals surface area (Å²) in [7, 11) is 0. The fraction of sp³-hybridized carbons (Fsp3) is 0.182. The third kappa shape index (κ3) is 3.62. The highest BCUT2D eigenvalue weighted by molar-refractivity contribution is 6.08. The average Bonchev–Trinajstić information content (AvgIpc) is 2.27. The third-order valence-electron chi connectivity index (χ3n) is 1.85. The van der Waals surface area contributed by atoms with Gasteiger partial charge in [-0.1, -0.05) is 13.2 Å². The second-order valence-electron chi connectivity index (χ2n) is 2.85. The second-order valence-corrected chi connectivity index (χ2v) is 2.85. The Balaban J connectivity index is 5.32. The number of hydrogen-bond donors (Lipinski definition) is 2. The largest absolute Gasteiger partial charge is 0.478 e. The van der Waals surface area contributed by atoms with Gasteiger partial charge in [-0.3, -0.25) is 9.59 Å². The summed E-state index contributed by atoms with van der Waals surface area (Å²) < 4.78 is 0. The van der Waals surface area contributed by atoms with Gasteiger partial charge in [-0.25, -0.2) is 4.79 Å². The van der Waals surface area contributed by atoms with Crippen LogP contribution in [0.4, 0.5) is 0 Å². The summed E-state index contributed by atoms with van der Waals surface area (Å²) in [4.78, 5) is 33.0. The predicted octanol–water partition coefficient (Wildman–Crippen LogP) is 0.116. The fourth-order valence-electron chi connectivity index (χ4n) is 1.01. The molecule has 0 saturated heterocycles. The van der Waals surface area contributed by atoms with Gasteiger partial charge in [0.25, 0.3) is 0 Å². The summed E-state index contributed by atoms with van der Waals surface area (Å²) >= 11 is 0. The van der Waals surface area contributed by atoms with Gasteiger partial charge in [0.15, 0.2) is 11.6 Å². The summed E-state index contributed by atoms with van der Waals surface area (Å²) in [6.07, 6.45) is 2.57. The molecule has 0 heterocycles. The number of aliphatic carboxylic acids is 1. The topological polar surface area (TPSA) is 91.7 Å². The van der Waals surface area contributed by atoms with Crippen LogP contribution >= 0.6 is 0 Å². The summed E-state index contributed by atoms with van der Waals surface area (Å²) in [5, 5.41) is 17.7. The lowest BCUT2D eigenvalue weighted by molar-refractivity contribution is -0.135. The molecular weight excluding hydrogens is 212 g/mol. The number of hydrogen-bond acceptors (Lipinski definition) is 4. The first-order chi connectivity index (χ1) is 7.47. The molecule has 0 amide bonds. The number of aliphatic hydroxyl groups is 1. The molecule has 0 aliphatic carbocycles. The standard InChI is InChI=1S/C11H12O5/c1-3-7(13)5-8(11(15)16)9(6-12)10(14)4-2/h3-5,9,12H,1-2,6H2,(H,15,16)/b8-5-. The van der Waals surface area contributed by atoms with Gasteiger partial charge >= 0.3 is 5.97 Å². The molecule has 0 spiro atoms. The summed E-state index contributed by atoms with van der Waals surface area (Å²) in [5.74, 6) is -4.02. The molecule has 1 unspecified atom stereocenters. The molecule has 0 rings (SSSR count). The van der Waals surface area contributed by atoms with E-state index in [1.807, 2.05) is 0 Å². The number of carboxylic acid groups (broad SMARTS) is 1. The number of allylic oxidation sites excluding steroid dienone is 3. The molecular formula is C11H12O5. The maximum Gasteiger partial charge on any atom is 0.332 e. The average molecular weight is 224 g/mol. The molecule has 0 saturated carbocycles. The van der Waals surface area contributed by atoms with Gasteiger partial charge in [0.2, 0.25) is 0 Å². The van der Waals surface area contributed by atoms with Crippen molar-refractivity contribution in [3.63, 3.8) is 0 Å². The molecule has 1 atom stereocenters. The molecule has 0 fully saturated rings. The summed E-state index contributed by atoms with van der Waals surface area (Å²) in [6.45, 7) is 5.65. The van der Waals surface area contributed by atoms with Crippen molar-refractivity contribution in [1.82, 2.24) is 0 Å². The lowest BCUT2D eigenvalue weighted by Gasteiger charge is -2.10. The highest BCUT2D eigenvalue weighted by Crippen LogP contribution is 2.13. The highest BCUT2D eigenvalue weighted by Gasteiger charge is 2.25. The van der Waals surface area contributed by atoms with Crippen LogP contribution in [0.15, 0.2) is 37.0 Å². The molecule has 0 aliphatic rings. The Bertz CT molecular complexity index is 365. The monoisotopic (exact) mass is 224 g/mol. The molecule has 0 aromatic heterocycles. The van der Waals surface area contributed by atoms with Crippen molar-refractivity contribution in [2.24, 2.45) is 5.92 Å². The van der Waals surface area contributed by atoms with Crippen molar-refractivity contribution in [1.29, 1.82) is 0 Å². The van der Waals surface area contributed by atoms with E-state index < -0.39 is 35.6 Å². The zero-order valence-electron chi connectivity index (χ0n) is 8.55. The van der Waals surface area contributed by atoms with E-state index in [9.17, 15) is 14.4 Å². The molecule has 5 nitrogen and oxygen atoms in total. The number of carboxylic acids is 1. The molecule has 0 aromatic carbocycles. The van der Waals surface area contributed by atoms with E-state index >= 15 is 0 Å². The molecule has 0 aromatic rings. The molecule has 0 aliphatic heterocycles. The van der Waals surface area contributed by atoms with Crippen LogP contribution in [0.5, 0.6) is 0 Å². The molecule has 0 radical (unpaired) electrons. The van der Waals surface area contributed by atoms with Gasteiger partial charge < -0.3 is 10.2 Å². The van der Waals surface area contributed by atoms with Crippen molar-refractivity contribution in [2.45, 2.75) is 0 Å². The van der Waals surface area contributed by atoms with E-state index in [2.05, 4.69) is 13.2 Å². The molecule has 2 N–H and O–H groups in total. The van der Waals surface area contributed by atoms with Crippen LogP contribution in [0.3, 0.4) is 0 Å². The SMILES string of the molecule is C=CC(=O)/C=C(\C(=O)O)C(CO)C(=O)C=C. The van der Waals surface area contributed by atoms with E-state index in [4.69, 9.17) is 10.2 Å². The lowest BCUT2D eigenvalue weighted by atomic mass is 9.94. The van der Waals surface area contributed by atoms with E-state index in [0.29, 0.717) is 0 Å². The summed E-state index contributed by atoms with van der Waals surface area (Å²) in [5.41, 5.74) is -0.475. The Labute approximate surface area is 92.4 Å². The van der Waals surface area contributed by atoms with Crippen molar-refractivity contribution in [2.75, 3.05) is 6.61 Å². The number of rotatable bonds is 7. The number of carbonyl (C=O) groups is 3. The first kappa shape index (κ1) is 14.0. The van der Waals surface area contributed by atoms with E-state index in [0.717, 1.165) is 18.2 Å². The van der Waals surface area contributed by atoms with Gasteiger partial charge in [-0.05, 0) is 18.2 Å². The first-order valence-electron chi connectivity index (χ1n) is 4.36. The van der Waals surface area contributed by atoms with Gasteiger partial charge in [-0.2, -0.15) is 0 Å². The van der Waals surface area contributed by atoms with Crippen LogP contribution < -0.4 is 0 Å². The fourth-order valence-corrected chi connectivity index (χ4v) is 1.01. The maximum absolute atomic E-state index is 11.2. The Hall–Kier alpha value is -2.01.